The molecule has 0 aliphatic carbocycles. The Morgan fingerprint density at radius 3 is 1.84 bits per heavy atom. The number of hydrogen-bond donors (Lipinski definition) is 0. The van der Waals surface area contributed by atoms with Crippen molar-refractivity contribution in [1.29, 1.82) is 0 Å². The molecule has 3 aromatic carbocycles. The molecule has 0 N–H and O–H groups in total. The maximum atomic E-state index is 13.5. The van der Waals surface area contributed by atoms with Gasteiger partial charge in [-0.25, -0.2) is 4.39 Å². The summed E-state index contributed by atoms with van der Waals surface area (Å²) >= 11 is 0. The molecular formula is C26H24FNO3. The van der Waals surface area contributed by atoms with Gasteiger partial charge >= 0.3 is 0 Å². The molecule has 1 atom stereocenters. The smallest absolute Gasteiger partial charge is 0.261 e. The predicted octanol–water partition coefficient (Wildman–Crippen LogP) is 5.43. The summed E-state index contributed by atoms with van der Waals surface area (Å²) in [5, 5.41) is 0. The molecular weight excluding hydrogens is 393 g/mol. The monoisotopic (exact) mass is 417 g/mol. The zero-order chi connectivity index (χ0) is 22.0. The molecule has 1 aliphatic rings. The summed E-state index contributed by atoms with van der Waals surface area (Å²) in [6.07, 6.45) is 0.606. The third-order valence-electron chi connectivity index (χ3n) is 5.45. The van der Waals surface area contributed by atoms with Gasteiger partial charge in [-0.15, -0.1) is 0 Å². The van der Waals surface area contributed by atoms with Crippen molar-refractivity contribution in [1.82, 2.24) is 4.90 Å². The van der Waals surface area contributed by atoms with E-state index in [1.807, 2.05) is 38.1 Å². The summed E-state index contributed by atoms with van der Waals surface area (Å²) in [6, 6.07) is 21.0. The lowest BCUT2D eigenvalue weighted by molar-refractivity contribution is 0.0651. The molecule has 5 heteroatoms. The van der Waals surface area contributed by atoms with Crippen LogP contribution in [0, 0.1) is 5.82 Å². The van der Waals surface area contributed by atoms with Crippen LogP contribution in [-0.2, 0) is 0 Å². The fraction of sp³-hybridized carbons (Fsp3) is 0.231. The van der Waals surface area contributed by atoms with Gasteiger partial charge in [-0.2, -0.15) is 0 Å². The van der Waals surface area contributed by atoms with Crippen molar-refractivity contribution in [2.45, 2.75) is 32.3 Å². The lowest BCUT2D eigenvalue weighted by Gasteiger charge is -2.22. The van der Waals surface area contributed by atoms with Crippen molar-refractivity contribution in [3.63, 3.8) is 0 Å². The van der Waals surface area contributed by atoms with Gasteiger partial charge in [0.05, 0.1) is 17.2 Å². The summed E-state index contributed by atoms with van der Waals surface area (Å²) < 4.78 is 19.2. The Balaban J connectivity index is 1.58. The van der Waals surface area contributed by atoms with Crippen LogP contribution in [0.4, 0.5) is 4.39 Å². The van der Waals surface area contributed by atoms with E-state index in [1.54, 1.807) is 36.4 Å². The maximum absolute atomic E-state index is 13.5. The van der Waals surface area contributed by atoms with Crippen molar-refractivity contribution in [3.05, 3.63) is 101 Å². The van der Waals surface area contributed by atoms with E-state index in [4.69, 9.17) is 4.74 Å². The van der Waals surface area contributed by atoms with Gasteiger partial charge in [0.1, 0.15) is 11.6 Å². The van der Waals surface area contributed by atoms with E-state index in [9.17, 15) is 14.0 Å². The maximum Gasteiger partial charge on any atom is 0.261 e. The first-order valence-corrected chi connectivity index (χ1v) is 10.4. The van der Waals surface area contributed by atoms with Crippen LogP contribution in [0.3, 0.4) is 0 Å². The number of ether oxygens (including phenoxy) is 1. The molecule has 0 aromatic heterocycles. The highest BCUT2D eigenvalue weighted by Gasteiger charge is 2.35. The van der Waals surface area contributed by atoms with E-state index >= 15 is 0 Å². The highest BCUT2D eigenvalue weighted by Crippen LogP contribution is 2.31. The number of nitrogens with zero attached hydrogens (tertiary/aromatic N) is 1. The second-order valence-corrected chi connectivity index (χ2v) is 7.94. The number of halogens is 1. The molecule has 0 bridgehead atoms. The lowest BCUT2D eigenvalue weighted by Crippen LogP contribution is -2.31. The number of carbonyl (C=O) groups excluding carboxylic acids is 2. The van der Waals surface area contributed by atoms with Crippen molar-refractivity contribution in [2.24, 2.45) is 0 Å². The minimum atomic E-state index is -0.302. The molecule has 0 radical (unpaired) electrons. The molecule has 0 saturated heterocycles. The van der Waals surface area contributed by atoms with E-state index < -0.39 is 0 Å². The van der Waals surface area contributed by atoms with Gasteiger partial charge in [0.25, 0.3) is 11.8 Å². The quantitative estimate of drug-likeness (QED) is 0.482. The van der Waals surface area contributed by atoms with E-state index in [2.05, 4.69) is 0 Å². The Hall–Kier alpha value is -3.47. The Kier molecular flexibility index (Phi) is 5.85. The standard InChI is InChI=1S/C26H24FNO3/c1-17(2)31-21-13-9-19(10-14-21)22(18-7-11-20(27)12-8-18)15-16-28-25(29)23-5-3-4-6-24(23)26(28)30/h3-14,17,22H,15-16H2,1-2H3. The SMILES string of the molecule is CC(C)Oc1ccc(C(CCN2C(=O)c3ccccc3C2=O)c2ccc(F)cc2)cc1. The lowest BCUT2D eigenvalue weighted by atomic mass is 9.88. The summed E-state index contributed by atoms with van der Waals surface area (Å²) in [4.78, 5) is 26.8. The van der Waals surface area contributed by atoms with E-state index in [0.717, 1.165) is 16.9 Å². The van der Waals surface area contributed by atoms with Gasteiger partial charge in [-0.1, -0.05) is 36.4 Å². The van der Waals surface area contributed by atoms with Gasteiger partial charge in [0.15, 0.2) is 0 Å². The largest absolute Gasteiger partial charge is 0.491 e. The molecule has 0 fully saturated rings. The summed E-state index contributed by atoms with van der Waals surface area (Å²) in [6.45, 7) is 4.22. The molecule has 4 rings (SSSR count). The predicted molar refractivity (Wildman–Crippen MR) is 117 cm³/mol. The fourth-order valence-corrected chi connectivity index (χ4v) is 3.97. The first-order chi connectivity index (χ1) is 14.9. The molecule has 0 saturated carbocycles. The van der Waals surface area contributed by atoms with Crippen LogP contribution in [0.15, 0.2) is 72.8 Å². The molecule has 31 heavy (non-hydrogen) atoms. The fourth-order valence-electron chi connectivity index (χ4n) is 3.97. The minimum Gasteiger partial charge on any atom is -0.491 e. The van der Waals surface area contributed by atoms with Crippen molar-refractivity contribution in [2.75, 3.05) is 6.54 Å². The number of benzene rings is 3. The normalized spacial score (nSPS) is 14.1. The van der Waals surface area contributed by atoms with Crippen LogP contribution in [0.25, 0.3) is 0 Å². The average Bonchev–Trinajstić information content (AvgIpc) is 3.00. The summed E-state index contributed by atoms with van der Waals surface area (Å²) in [5.41, 5.74) is 2.83. The summed E-state index contributed by atoms with van der Waals surface area (Å²) in [5.74, 6) is -0.156. The van der Waals surface area contributed by atoms with E-state index in [0.29, 0.717) is 17.5 Å². The zero-order valence-corrected chi connectivity index (χ0v) is 17.5. The highest BCUT2D eigenvalue weighted by atomic mass is 19.1. The van der Waals surface area contributed by atoms with Crippen LogP contribution < -0.4 is 4.74 Å². The zero-order valence-electron chi connectivity index (χ0n) is 17.5. The Labute approximate surface area is 181 Å². The summed E-state index contributed by atoms with van der Waals surface area (Å²) in [7, 11) is 0. The van der Waals surface area contributed by atoms with Crippen LogP contribution in [0.2, 0.25) is 0 Å². The Morgan fingerprint density at radius 2 is 1.32 bits per heavy atom. The molecule has 3 aromatic rings. The number of amides is 2. The van der Waals surface area contributed by atoms with E-state index in [1.165, 1.54) is 17.0 Å². The van der Waals surface area contributed by atoms with Crippen molar-refractivity contribution >= 4 is 11.8 Å². The third-order valence-corrected chi connectivity index (χ3v) is 5.45. The minimum absolute atomic E-state index is 0.0765. The Bertz CT molecular complexity index is 1060. The van der Waals surface area contributed by atoms with Crippen molar-refractivity contribution in [3.8, 4) is 5.75 Å². The first-order valence-electron chi connectivity index (χ1n) is 10.4. The molecule has 1 aliphatic heterocycles. The van der Waals surface area contributed by atoms with Crippen LogP contribution >= 0.6 is 0 Å². The molecule has 1 heterocycles. The second-order valence-electron chi connectivity index (χ2n) is 7.94. The van der Waals surface area contributed by atoms with Crippen LogP contribution in [0.1, 0.15) is 58.0 Å². The number of hydrogen-bond acceptors (Lipinski definition) is 3. The topological polar surface area (TPSA) is 46.6 Å². The van der Waals surface area contributed by atoms with E-state index in [-0.39, 0.29) is 36.2 Å². The second kappa shape index (κ2) is 8.72. The number of imide groups is 1. The van der Waals surface area contributed by atoms with Gasteiger partial charge in [-0.3, -0.25) is 14.5 Å². The van der Waals surface area contributed by atoms with Gasteiger partial charge in [0, 0.05) is 12.5 Å². The van der Waals surface area contributed by atoms with Gasteiger partial charge in [-0.05, 0) is 67.8 Å². The first kappa shape index (κ1) is 20.8. The Morgan fingerprint density at radius 1 is 0.806 bits per heavy atom. The number of carbonyl (C=O) groups is 2. The van der Waals surface area contributed by atoms with Crippen LogP contribution in [-0.4, -0.2) is 29.4 Å². The highest BCUT2D eigenvalue weighted by molar-refractivity contribution is 6.21. The average molecular weight is 417 g/mol. The number of rotatable bonds is 7. The third kappa shape index (κ3) is 4.36. The number of fused-ring (bicyclic) bond motifs is 1. The molecule has 1 unspecified atom stereocenters. The molecule has 2 amide bonds. The van der Waals surface area contributed by atoms with Gasteiger partial charge in [0.2, 0.25) is 0 Å². The molecule has 4 nitrogen and oxygen atoms in total. The van der Waals surface area contributed by atoms with Gasteiger partial charge < -0.3 is 4.74 Å². The van der Waals surface area contributed by atoms with Crippen molar-refractivity contribution < 1.29 is 18.7 Å². The molecule has 0 spiro atoms. The van der Waals surface area contributed by atoms with Crippen LogP contribution in [0.5, 0.6) is 5.75 Å². The molecule has 158 valence electrons.